The number of carbonyl (C=O) groups excluding carboxylic acids is 4. The number of nitrogens with two attached hydrogens (primary N) is 1. The first kappa shape index (κ1) is 27.6. The fourth-order valence-electron chi connectivity index (χ4n) is 6.91. The monoisotopic (exact) mass is 543 g/mol. The molecule has 0 spiro atoms. The number of phenolic OH excluding ortho intramolecular Hbond substituents is 1. The molecule has 0 aromatic heterocycles. The molecule has 3 aliphatic rings. The van der Waals surface area contributed by atoms with E-state index in [1.807, 2.05) is 49.3 Å². The van der Waals surface area contributed by atoms with E-state index in [1.54, 1.807) is 25.1 Å². The summed E-state index contributed by atoms with van der Waals surface area (Å²) in [5.74, 6) is -0.817. The largest absolute Gasteiger partial charge is 0.506 e. The number of primary amides is 1. The molecule has 9 heteroatoms. The SMILES string of the molecule is CN(C)c1cc(C#Cc2ccccc2)c(O)c2c1CC1CC3C(N(C)C)C(=O)C(C(N)=O)CC3(O)C(=O)C1C2=O. The maximum Gasteiger partial charge on any atom is 0.228 e. The molecule has 2 aromatic carbocycles. The summed E-state index contributed by atoms with van der Waals surface area (Å²) in [5.41, 5.74) is 5.74. The van der Waals surface area contributed by atoms with E-state index in [9.17, 15) is 29.4 Å². The molecular formula is C31H33N3O6. The minimum Gasteiger partial charge on any atom is -0.506 e. The fourth-order valence-corrected chi connectivity index (χ4v) is 6.91. The number of rotatable bonds is 3. The van der Waals surface area contributed by atoms with Gasteiger partial charge in [0.1, 0.15) is 17.3 Å². The van der Waals surface area contributed by atoms with Crippen molar-refractivity contribution in [2.24, 2.45) is 29.4 Å². The minimum atomic E-state index is -2.08. The second-order valence-electron chi connectivity index (χ2n) is 11.6. The van der Waals surface area contributed by atoms with Crippen LogP contribution in [0.4, 0.5) is 5.69 Å². The average Bonchev–Trinajstić information content (AvgIpc) is 2.89. The number of anilines is 1. The van der Waals surface area contributed by atoms with Gasteiger partial charge in [-0.05, 0) is 56.6 Å². The van der Waals surface area contributed by atoms with Crippen molar-refractivity contribution in [3.8, 4) is 17.6 Å². The molecule has 4 N–H and O–H groups in total. The Morgan fingerprint density at radius 1 is 1.07 bits per heavy atom. The molecule has 1 amide bonds. The van der Waals surface area contributed by atoms with E-state index in [4.69, 9.17) is 5.73 Å². The minimum absolute atomic E-state index is 0.0303. The third-order valence-electron chi connectivity index (χ3n) is 8.76. The standard InChI is InChI=1S/C31H33N3O6/c1-33(2)22-14-17(11-10-16-8-6-5-7-9-16)26(35)24-19(22)12-18-13-21-25(34(3)4)27(36)20(30(32)39)15-31(21,40)29(38)23(18)28(24)37/h5-9,14,18,20-21,23,25,35,40H,12-13,15H2,1-4H3,(H2,32,39). The van der Waals surface area contributed by atoms with Crippen molar-refractivity contribution in [2.75, 3.05) is 33.1 Å². The van der Waals surface area contributed by atoms with Crippen molar-refractivity contribution in [1.29, 1.82) is 0 Å². The molecule has 208 valence electrons. The molecule has 3 aliphatic carbocycles. The van der Waals surface area contributed by atoms with Gasteiger partial charge in [-0.3, -0.25) is 24.1 Å². The van der Waals surface area contributed by atoms with E-state index in [2.05, 4.69) is 11.8 Å². The number of aromatic hydroxyl groups is 1. The Bertz CT molecular complexity index is 1490. The van der Waals surface area contributed by atoms with E-state index in [-0.39, 0.29) is 23.3 Å². The summed E-state index contributed by atoms with van der Waals surface area (Å²) < 4.78 is 0. The molecule has 2 saturated carbocycles. The summed E-state index contributed by atoms with van der Waals surface area (Å²) in [4.78, 5) is 56.9. The summed E-state index contributed by atoms with van der Waals surface area (Å²) in [7, 11) is 6.97. The first-order chi connectivity index (χ1) is 18.9. The Morgan fingerprint density at radius 3 is 2.35 bits per heavy atom. The number of carbonyl (C=O) groups is 4. The van der Waals surface area contributed by atoms with E-state index in [0.717, 1.165) is 5.56 Å². The number of nitrogens with zero attached hydrogens (tertiary/aromatic N) is 2. The van der Waals surface area contributed by atoms with Crippen molar-refractivity contribution >= 4 is 28.9 Å². The van der Waals surface area contributed by atoms with Gasteiger partial charge in [0.15, 0.2) is 17.3 Å². The lowest BCUT2D eigenvalue weighted by Crippen LogP contribution is -2.69. The quantitative estimate of drug-likeness (QED) is 0.387. The maximum absolute atomic E-state index is 14.1. The van der Waals surface area contributed by atoms with Crippen LogP contribution < -0.4 is 10.6 Å². The Balaban J connectivity index is 1.62. The van der Waals surface area contributed by atoms with Crippen LogP contribution >= 0.6 is 0 Å². The van der Waals surface area contributed by atoms with Gasteiger partial charge in [0, 0.05) is 37.7 Å². The smallest absolute Gasteiger partial charge is 0.228 e. The molecule has 0 aliphatic heterocycles. The predicted octanol–water partition coefficient (Wildman–Crippen LogP) is 1.15. The molecule has 0 saturated heterocycles. The Kier molecular flexibility index (Phi) is 6.81. The Hall–Kier alpha value is -4.00. The summed E-state index contributed by atoms with van der Waals surface area (Å²) in [6.45, 7) is 0. The number of Topliss-reactive ketones (excluding diaryl/α,β-unsaturated/α-hetero) is 3. The van der Waals surface area contributed by atoms with Gasteiger partial charge in [-0.25, -0.2) is 0 Å². The van der Waals surface area contributed by atoms with Crippen LogP contribution in [0.3, 0.4) is 0 Å². The first-order valence-corrected chi connectivity index (χ1v) is 13.3. The second-order valence-corrected chi connectivity index (χ2v) is 11.6. The maximum atomic E-state index is 14.1. The van der Waals surface area contributed by atoms with E-state index in [0.29, 0.717) is 17.7 Å². The third kappa shape index (κ3) is 4.19. The number of fused-ring (bicyclic) bond motifs is 3. The van der Waals surface area contributed by atoms with Gasteiger partial charge in [0.25, 0.3) is 0 Å². The van der Waals surface area contributed by atoms with Gasteiger partial charge in [0.2, 0.25) is 5.91 Å². The molecule has 40 heavy (non-hydrogen) atoms. The van der Waals surface area contributed by atoms with Crippen LogP contribution in [0.1, 0.15) is 39.9 Å². The number of hydrogen-bond donors (Lipinski definition) is 3. The van der Waals surface area contributed by atoms with Crippen molar-refractivity contribution in [2.45, 2.75) is 30.9 Å². The molecule has 0 heterocycles. The zero-order valence-corrected chi connectivity index (χ0v) is 23.0. The topological polar surface area (TPSA) is 141 Å². The average molecular weight is 544 g/mol. The lowest BCUT2D eigenvalue weighted by molar-refractivity contribution is -0.176. The number of hydrogen-bond acceptors (Lipinski definition) is 8. The van der Waals surface area contributed by atoms with Crippen LogP contribution in [0.5, 0.6) is 5.75 Å². The molecule has 6 atom stereocenters. The van der Waals surface area contributed by atoms with Gasteiger partial charge in [-0.15, -0.1) is 0 Å². The summed E-state index contributed by atoms with van der Waals surface area (Å²) in [5, 5.41) is 23.1. The third-order valence-corrected chi connectivity index (χ3v) is 8.76. The normalized spacial score (nSPS) is 29.1. The van der Waals surface area contributed by atoms with Crippen LogP contribution in [-0.2, 0) is 20.8 Å². The fraction of sp³-hybridized carbons (Fsp3) is 0.419. The second kappa shape index (κ2) is 9.88. The van der Waals surface area contributed by atoms with E-state index in [1.165, 1.54) is 0 Å². The molecule has 0 radical (unpaired) electrons. The highest BCUT2D eigenvalue weighted by molar-refractivity contribution is 6.18. The van der Waals surface area contributed by atoms with E-state index >= 15 is 0 Å². The number of phenols is 1. The number of aliphatic hydroxyl groups is 1. The molecular weight excluding hydrogens is 510 g/mol. The highest BCUT2D eigenvalue weighted by atomic mass is 16.3. The van der Waals surface area contributed by atoms with Crippen molar-refractivity contribution in [1.82, 2.24) is 4.90 Å². The number of ketones is 3. The lowest BCUT2D eigenvalue weighted by atomic mass is 9.52. The summed E-state index contributed by atoms with van der Waals surface area (Å²) in [6.07, 6.45) is 0.0718. The van der Waals surface area contributed by atoms with Gasteiger partial charge in [0.05, 0.1) is 23.1 Å². The highest BCUT2D eigenvalue weighted by Gasteiger charge is 2.64. The van der Waals surface area contributed by atoms with Gasteiger partial charge >= 0.3 is 0 Å². The summed E-state index contributed by atoms with van der Waals surface area (Å²) >= 11 is 0. The van der Waals surface area contributed by atoms with Crippen molar-refractivity contribution < 1.29 is 29.4 Å². The predicted molar refractivity (Wildman–Crippen MR) is 148 cm³/mol. The number of amides is 1. The van der Waals surface area contributed by atoms with Gasteiger partial charge in [-0.2, -0.15) is 0 Å². The van der Waals surface area contributed by atoms with Crippen LogP contribution in [0.2, 0.25) is 0 Å². The molecule has 5 rings (SSSR count). The van der Waals surface area contributed by atoms with Crippen molar-refractivity contribution in [3.05, 3.63) is 58.7 Å². The van der Waals surface area contributed by atoms with Crippen molar-refractivity contribution in [3.63, 3.8) is 0 Å². The van der Waals surface area contributed by atoms with Crippen LogP contribution in [0.25, 0.3) is 0 Å². The van der Waals surface area contributed by atoms with Gasteiger partial charge in [-0.1, -0.05) is 30.0 Å². The first-order valence-electron chi connectivity index (χ1n) is 13.3. The molecule has 2 fully saturated rings. The highest BCUT2D eigenvalue weighted by Crippen LogP contribution is 2.53. The van der Waals surface area contributed by atoms with E-state index < -0.39 is 65.0 Å². The molecule has 2 aromatic rings. The van der Waals surface area contributed by atoms with Gasteiger partial charge < -0.3 is 20.8 Å². The lowest BCUT2D eigenvalue weighted by Gasteiger charge is -2.53. The number of likely N-dealkylation sites (N-methyl/N-ethyl adjacent to an activating group) is 1. The Labute approximate surface area is 232 Å². The zero-order valence-electron chi connectivity index (χ0n) is 23.0. The number of benzene rings is 2. The zero-order chi connectivity index (χ0) is 29.1. The molecule has 9 nitrogen and oxygen atoms in total. The summed E-state index contributed by atoms with van der Waals surface area (Å²) in [6, 6.07) is 10.1. The Morgan fingerprint density at radius 2 is 1.75 bits per heavy atom. The van der Waals surface area contributed by atoms with Crippen LogP contribution in [-0.4, -0.2) is 78.2 Å². The van der Waals surface area contributed by atoms with Crippen LogP contribution in [0.15, 0.2) is 36.4 Å². The van der Waals surface area contributed by atoms with Crippen LogP contribution in [0, 0.1) is 35.5 Å². The molecule has 6 unspecified atom stereocenters. The molecule has 0 bridgehead atoms.